The lowest BCUT2D eigenvalue weighted by molar-refractivity contribution is -0.108. The van der Waals surface area contributed by atoms with E-state index in [9.17, 15) is 9.59 Å². The summed E-state index contributed by atoms with van der Waals surface area (Å²) in [5, 5.41) is 2.64. The Balaban J connectivity index is 2.70. The monoisotopic (exact) mass is 250 g/mol. The predicted octanol–water partition coefficient (Wildman–Crippen LogP) is 2.24. The highest BCUT2D eigenvalue weighted by Crippen LogP contribution is 2.14. The van der Waals surface area contributed by atoms with Crippen LogP contribution in [-0.2, 0) is 9.53 Å². The van der Waals surface area contributed by atoms with E-state index in [1.165, 1.54) is 0 Å². The smallest absolute Gasteiger partial charge is 0.408 e. The molecule has 1 atom stereocenters. The quantitative estimate of drug-likeness (QED) is 0.832. The van der Waals surface area contributed by atoms with Crippen LogP contribution in [0.2, 0.25) is 0 Å². The van der Waals surface area contributed by atoms with Crippen molar-refractivity contribution in [3.8, 4) is 0 Å². The maximum Gasteiger partial charge on any atom is 0.408 e. The highest BCUT2D eigenvalue weighted by Gasteiger charge is 2.20. The van der Waals surface area contributed by atoms with Crippen LogP contribution in [0.5, 0.6) is 0 Å². The van der Waals surface area contributed by atoms with Crippen LogP contribution in [0.1, 0.15) is 38.9 Å². The normalized spacial score (nSPS) is 12.6. The molecule has 0 fully saturated rings. The number of aldehydes is 1. The van der Waals surface area contributed by atoms with Gasteiger partial charge >= 0.3 is 6.09 Å². The Hall–Kier alpha value is -1.91. The first kappa shape index (κ1) is 14.2. The Kier molecular flexibility index (Phi) is 4.83. The first-order chi connectivity index (χ1) is 8.42. The second-order valence-electron chi connectivity index (χ2n) is 4.86. The van der Waals surface area contributed by atoms with Crippen LogP contribution in [0.4, 0.5) is 4.79 Å². The maximum absolute atomic E-state index is 11.6. The summed E-state index contributed by atoms with van der Waals surface area (Å²) in [5.74, 6) is 0. The minimum absolute atomic E-state index is 0.163. The van der Waals surface area contributed by atoms with E-state index in [1.54, 1.807) is 45.2 Å². The Labute approximate surface area is 107 Å². The molecule has 1 aromatic rings. The van der Waals surface area contributed by atoms with Gasteiger partial charge in [-0.25, -0.2) is 4.79 Å². The molecule has 0 spiro atoms. The van der Waals surface area contributed by atoms with Gasteiger partial charge in [0.15, 0.2) is 0 Å². The van der Waals surface area contributed by atoms with Gasteiger partial charge in [0, 0.05) is 12.6 Å². The standard InChI is InChI=1S/C13H18N2O3/c1-13(2,3)18-12(17)15-11(7-9-16)10-6-4-5-8-14-10/h4-6,8-9,11H,7H2,1-3H3,(H,15,17)/t11-/m0/s1. The van der Waals surface area contributed by atoms with Crippen molar-refractivity contribution >= 4 is 12.4 Å². The van der Waals surface area contributed by atoms with E-state index in [4.69, 9.17) is 4.74 Å². The summed E-state index contributed by atoms with van der Waals surface area (Å²) in [6, 6.07) is 4.87. The molecule has 0 bridgehead atoms. The van der Waals surface area contributed by atoms with Crippen LogP contribution in [0.3, 0.4) is 0 Å². The van der Waals surface area contributed by atoms with Gasteiger partial charge in [-0.15, -0.1) is 0 Å². The average Bonchev–Trinajstić information content (AvgIpc) is 2.27. The minimum Gasteiger partial charge on any atom is -0.444 e. The zero-order valence-electron chi connectivity index (χ0n) is 10.8. The van der Waals surface area contributed by atoms with Crippen LogP contribution >= 0.6 is 0 Å². The summed E-state index contributed by atoms with van der Waals surface area (Å²) in [5.41, 5.74) is 0.0652. The molecule has 1 heterocycles. The van der Waals surface area contributed by atoms with Gasteiger partial charge in [-0.2, -0.15) is 0 Å². The molecule has 0 saturated heterocycles. The molecule has 98 valence electrons. The SMILES string of the molecule is CC(C)(C)OC(=O)N[C@@H](CC=O)c1ccccn1. The largest absolute Gasteiger partial charge is 0.444 e. The number of nitrogens with one attached hydrogen (secondary N) is 1. The fraction of sp³-hybridized carbons (Fsp3) is 0.462. The van der Waals surface area contributed by atoms with Crippen LogP contribution in [0.15, 0.2) is 24.4 Å². The second-order valence-corrected chi connectivity index (χ2v) is 4.86. The van der Waals surface area contributed by atoms with Gasteiger partial charge in [0.05, 0.1) is 11.7 Å². The number of carbonyl (C=O) groups excluding carboxylic acids is 2. The number of amides is 1. The summed E-state index contributed by atoms with van der Waals surface area (Å²) in [6.45, 7) is 5.34. The van der Waals surface area contributed by atoms with E-state index in [-0.39, 0.29) is 6.42 Å². The summed E-state index contributed by atoms with van der Waals surface area (Å²) < 4.78 is 5.14. The molecule has 0 aliphatic rings. The molecule has 1 N–H and O–H groups in total. The van der Waals surface area contributed by atoms with E-state index in [0.29, 0.717) is 5.69 Å². The lowest BCUT2D eigenvalue weighted by Crippen LogP contribution is -2.35. The fourth-order valence-corrected chi connectivity index (χ4v) is 1.38. The van der Waals surface area contributed by atoms with Crippen molar-refractivity contribution in [2.45, 2.75) is 38.8 Å². The van der Waals surface area contributed by atoms with Gasteiger partial charge in [-0.1, -0.05) is 6.07 Å². The minimum atomic E-state index is -0.570. The lowest BCUT2D eigenvalue weighted by atomic mass is 10.1. The predicted molar refractivity (Wildman–Crippen MR) is 67.0 cm³/mol. The summed E-state index contributed by atoms with van der Waals surface area (Å²) in [7, 11) is 0. The van der Waals surface area contributed by atoms with Crippen molar-refractivity contribution in [2.24, 2.45) is 0 Å². The Morgan fingerprint density at radius 1 is 1.50 bits per heavy atom. The van der Waals surface area contributed by atoms with Crippen LogP contribution in [0, 0.1) is 0 Å². The van der Waals surface area contributed by atoms with Gasteiger partial charge in [-0.3, -0.25) is 4.98 Å². The molecule has 0 aliphatic heterocycles. The number of hydrogen-bond acceptors (Lipinski definition) is 4. The van der Waals surface area contributed by atoms with Gasteiger partial charge in [-0.05, 0) is 32.9 Å². The Bertz CT molecular complexity index is 398. The van der Waals surface area contributed by atoms with E-state index >= 15 is 0 Å². The van der Waals surface area contributed by atoms with Gasteiger partial charge in [0.1, 0.15) is 11.9 Å². The molecular weight excluding hydrogens is 232 g/mol. The molecule has 5 nitrogen and oxygen atoms in total. The zero-order chi connectivity index (χ0) is 13.6. The third-order valence-electron chi connectivity index (χ3n) is 2.07. The Morgan fingerprint density at radius 2 is 2.22 bits per heavy atom. The van der Waals surface area contributed by atoms with Gasteiger partial charge in [0.2, 0.25) is 0 Å². The van der Waals surface area contributed by atoms with Crippen LogP contribution in [-0.4, -0.2) is 23.0 Å². The van der Waals surface area contributed by atoms with Crippen molar-refractivity contribution in [3.63, 3.8) is 0 Å². The van der Waals surface area contributed by atoms with Crippen molar-refractivity contribution in [2.75, 3.05) is 0 Å². The number of hydrogen-bond donors (Lipinski definition) is 1. The molecule has 1 amide bonds. The topological polar surface area (TPSA) is 68.3 Å². The van der Waals surface area contributed by atoms with E-state index in [1.807, 2.05) is 0 Å². The number of carbonyl (C=O) groups is 2. The highest BCUT2D eigenvalue weighted by atomic mass is 16.6. The number of nitrogens with zero attached hydrogens (tertiary/aromatic N) is 1. The Morgan fingerprint density at radius 3 is 2.72 bits per heavy atom. The summed E-state index contributed by atoms with van der Waals surface area (Å²) in [4.78, 5) is 26.4. The summed E-state index contributed by atoms with van der Waals surface area (Å²) in [6.07, 6.45) is 1.97. The van der Waals surface area contributed by atoms with Gasteiger partial charge < -0.3 is 14.8 Å². The summed E-state index contributed by atoms with van der Waals surface area (Å²) >= 11 is 0. The molecule has 1 rings (SSSR count). The number of pyridine rings is 1. The average molecular weight is 250 g/mol. The second kappa shape index (κ2) is 6.14. The van der Waals surface area contributed by atoms with Crippen LogP contribution < -0.4 is 5.32 Å². The number of ether oxygens (including phenoxy) is 1. The molecule has 0 saturated carbocycles. The number of rotatable bonds is 4. The zero-order valence-corrected chi connectivity index (χ0v) is 10.8. The molecule has 0 radical (unpaired) electrons. The van der Waals surface area contributed by atoms with Crippen molar-refractivity contribution < 1.29 is 14.3 Å². The third-order valence-corrected chi connectivity index (χ3v) is 2.07. The third kappa shape index (κ3) is 4.95. The number of alkyl carbamates (subject to hydrolysis) is 1. The fourth-order valence-electron chi connectivity index (χ4n) is 1.38. The van der Waals surface area contributed by atoms with E-state index in [2.05, 4.69) is 10.3 Å². The lowest BCUT2D eigenvalue weighted by Gasteiger charge is -2.22. The number of aromatic nitrogens is 1. The molecule has 0 aromatic carbocycles. The van der Waals surface area contributed by atoms with E-state index in [0.717, 1.165) is 6.29 Å². The van der Waals surface area contributed by atoms with Crippen molar-refractivity contribution in [1.82, 2.24) is 10.3 Å². The van der Waals surface area contributed by atoms with E-state index < -0.39 is 17.7 Å². The first-order valence-corrected chi connectivity index (χ1v) is 5.76. The maximum atomic E-state index is 11.6. The molecule has 1 aromatic heterocycles. The molecule has 0 aliphatic carbocycles. The van der Waals surface area contributed by atoms with Crippen molar-refractivity contribution in [3.05, 3.63) is 30.1 Å². The molecular formula is C13H18N2O3. The van der Waals surface area contributed by atoms with Crippen molar-refractivity contribution in [1.29, 1.82) is 0 Å². The molecule has 0 unspecified atom stereocenters. The van der Waals surface area contributed by atoms with Gasteiger partial charge in [0.25, 0.3) is 0 Å². The highest BCUT2D eigenvalue weighted by molar-refractivity contribution is 5.69. The first-order valence-electron chi connectivity index (χ1n) is 5.76. The van der Waals surface area contributed by atoms with Crippen LogP contribution in [0.25, 0.3) is 0 Å². The molecule has 18 heavy (non-hydrogen) atoms. The molecule has 5 heteroatoms.